The Hall–Kier alpha value is -6.80. The molecule has 4 N–H and O–H groups in total. The Bertz CT molecular complexity index is 2850. The number of rotatable bonds is 4. The summed E-state index contributed by atoms with van der Waals surface area (Å²) in [5.74, 6) is 0. The van der Waals surface area contributed by atoms with Gasteiger partial charge in [0.15, 0.2) is 18.6 Å². The molecule has 0 radical (unpaired) electrons. The van der Waals surface area contributed by atoms with Crippen molar-refractivity contribution in [2.45, 2.75) is 0 Å². The molecule has 0 amide bonds. The molecule has 246 valence electrons. The summed E-state index contributed by atoms with van der Waals surface area (Å²) >= 11 is 0. The molecule has 9 rings (SSSR count). The number of hydrogen-bond acceptors (Lipinski definition) is 1. The average Bonchev–Trinajstić information content (AvgIpc) is 3.99. The van der Waals surface area contributed by atoms with E-state index in [4.69, 9.17) is 4.98 Å². The van der Waals surface area contributed by atoms with Gasteiger partial charge in [-0.25, -0.2) is 13.7 Å². The molecule has 0 aliphatic carbocycles. The van der Waals surface area contributed by atoms with E-state index in [2.05, 4.69) is 183 Å². The van der Waals surface area contributed by atoms with Crippen LogP contribution in [0.25, 0.3) is 22.3 Å². The second kappa shape index (κ2) is 12.3. The number of hydrogen-bond donors (Lipinski definition) is 4. The average molecular weight is 666 g/mol. The first-order chi connectivity index (χ1) is 25.0. The molecule has 8 heteroatoms. The number of H-pyrrole nitrogens is 4. The molecule has 8 aromatic rings. The predicted molar refractivity (Wildman–Crippen MR) is 195 cm³/mol. The summed E-state index contributed by atoms with van der Waals surface area (Å²) in [6.07, 6.45) is 8.11. The number of aryl methyl sites for hydroxylation is 3. The van der Waals surface area contributed by atoms with Crippen LogP contribution in [-0.4, -0.2) is 24.9 Å². The smallest absolute Gasteiger partial charge is 0.216 e. The molecule has 0 saturated carbocycles. The molecule has 0 aromatic carbocycles. The Morgan fingerprint density at radius 1 is 0.373 bits per heavy atom. The van der Waals surface area contributed by atoms with Crippen molar-refractivity contribution >= 4 is 22.3 Å². The molecule has 0 saturated heterocycles. The lowest BCUT2D eigenvalue weighted by Crippen LogP contribution is -2.35. The molecule has 8 aromatic heterocycles. The summed E-state index contributed by atoms with van der Waals surface area (Å²) in [6.45, 7) is 0. The molecule has 0 unspecified atom stereocenters. The minimum Gasteiger partial charge on any atom is -0.354 e. The molecule has 0 fully saturated rings. The van der Waals surface area contributed by atoms with Crippen LogP contribution in [0, 0.1) is 0 Å². The first kappa shape index (κ1) is 30.3. The Kier molecular flexibility index (Phi) is 7.28. The highest BCUT2D eigenvalue weighted by molar-refractivity contribution is 5.82. The van der Waals surface area contributed by atoms with Crippen LogP contribution in [0.2, 0.25) is 0 Å². The van der Waals surface area contributed by atoms with E-state index in [9.17, 15) is 0 Å². The third kappa shape index (κ3) is 5.25. The predicted octanol–water partition coefficient (Wildman–Crippen LogP) is 2.17. The Morgan fingerprint density at radius 2 is 0.745 bits per heavy atom. The molecule has 8 bridgehead atoms. The van der Waals surface area contributed by atoms with Crippen LogP contribution in [0.4, 0.5) is 0 Å². The SMILES string of the molecule is C[n+]1ccccc1C1=c2ccc([nH]2)=C(c2ccccn2)c2ccc([nH]2)C(c2cccc[n+]2C)=c2ccc([nH]2)=C(c2cccc[n+]2C)c2ccc1[nH]2. The number of fused-ring (bicyclic) bond motifs is 8. The van der Waals surface area contributed by atoms with Gasteiger partial charge in [-0.15, -0.1) is 0 Å². The number of aromatic nitrogens is 8. The van der Waals surface area contributed by atoms with E-state index < -0.39 is 0 Å². The number of pyridine rings is 4. The number of nitrogens with zero attached hydrogens (tertiary/aromatic N) is 4. The molecule has 9 heterocycles. The molecule has 0 atom stereocenters. The van der Waals surface area contributed by atoms with E-state index in [0.717, 1.165) is 89.2 Å². The minimum absolute atomic E-state index is 0.873. The highest BCUT2D eigenvalue weighted by Crippen LogP contribution is 2.25. The van der Waals surface area contributed by atoms with Gasteiger partial charge in [0.05, 0.1) is 66.6 Å². The summed E-state index contributed by atoms with van der Waals surface area (Å²) in [6, 6.07) is 42.4. The zero-order valence-electron chi connectivity index (χ0n) is 28.6. The normalized spacial score (nSPS) is 12.8. The van der Waals surface area contributed by atoms with Gasteiger partial charge in [-0.05, 0) is 78.9 Å². The van der Waals surface area contributed by atoms with Crippen molar-refractivity contribution in [2.24, 2.45) is 21.1 Å². The van der Waals surface area contributed by atoms with Crippen molar-refractivity contribution in [2.75, 3.05) is 0 Å². The first-order valence-corrected chi connectivity index (χ1v) is 17.1. The summed E-state index contributed by atoms with van der Waals surface area (Å²) in [7, 11) is 6.27. The second-order valence-corrected chi connectivity index (χ2v) is 12.9. The Labute approximate surface area is 294 Å². The Balaban J connectivity index is 1.46. The summed E-state index contributed by atoms with van der Waals surface area (Å²) in [5.41, 5.74) is 12.2. The van der Waals surface area contributed by atoms with Crippen LogP contribution in [-0.2, 0) is 21.1 Å². The van der Waals surface area contributed by atoms with Crippen molar-refractivity contribution in [3.8, 4) is 0 Å². The van der Waals surface area contributed by atoms with Crippen LogP contribution in [0.1, 0.15) is 45.6 Å². The number of nitrogens with one attached hydrogen (secondary N) is 4. The van der Waals surface area contributed by atoms with Gasteiger partial charge in [0.2, 0.25) is 17.1 Å². The fraction of sp³-hybridized carbons (Fsp3) is 0.0698. The van der Waals surface area contributed by atoms with Crippen molar-refractivity contribution in [3.05, 3.63) is 213 Å². The van der Waals surface area contributed by atoms with Gasteiger partial charge in [0.25, 0.3) is 0 Å². The maximum absolute atomic E-state index is 4.83. The van der Waals surface area contributed by atoms with Gasteiger partial charge < -0.3 is 19.9 Å². The fourth-order valence-corrected chi connectivity index (χ4v) is 7.29. The van der Waals surface area contributed by atoms with E-state index >= 15 is 0 Å². The quantitative estimate of drug-likeness (QED) is 0.214. The molecular weight excluding hydrogens is 629 g/mol. The lowest BCUT2D eigenvalue weighted by atomic mass is 10.1. The third-order valence-electron chi connectivity index (χ3n) is 9.75. The summed E-state index contributed by atoms with van der Waals surface area (Å²) in [4.78, 5) is 20.2. The maximum Gasteiger partial charge on any atom is 0.216 e. The van der Waals surface area contributed by atoms with Crippen LogP contribution >= 0.6 is 0 Å². The Morgan fingerprint density at radius 3 is 1.12 bits per heavy atom. The van der Waals surface area contributed by atoms with Crippen molar-refractivity contribution in [3.63, 3.8) is 0 Å². The largest absolute Gasteiger partial charge is 0.354 e. The minimum atomic E-state index is 0.873. The van der Waals surface area contributed by atoms with E-state index in [1.54, 1.807) is 0 Å². The van der Waals surface area contributed by atoms with E-state index in [-0.39, 0.29) is 0 Å². The lowest BCUT2D eigenvalue weighted by molar-refractivity contribution is -0.673. The maximum atomic E-state index is 4.83. The van der Waals surface area contributed by atoms with Gasteiger partial charge in [0.1, 0.15) is 21.1 Å². The highest BCUT2D eigenvalue weighted by atomic mass is 14.9. The van der Waals surface area contributed by atoms with Crippen molar-refractivity contribution < 1.29 is 13.7 Å². The van der Waals surface area contributed by atoms with Gasteiger partial charge in [-0.2, -0.15) is 0 Å². The molecule has 8 nitrogen and oxygen atoms in total. The molecule has 1 aliphatic rings. The fourth-order valence-electron chi connectivity index (χ4n) is 7.29. The molecule has 1 aliphatic heterocycles. The van der Waals surface area contributed by atoms with E-state index in [0.29, 0.717) is 0 Å². The van der Waals surface area contributed by atoms with Crippen LogP contribution in [0.3, 0.4) is 0 Å². The zero-order valence-corrected chi connectivity index (χ0v) is 28.6. The topological polar surface area (TPSA) is 87.7 Å². The van der Waals surface area contributed by atoms with Gasteiger partial charge in [-0.3, -0.25) is 4.98 Å². The first-order valence-electron chi connectivity index (χ1n) is 17.1. The van der Waals surface area contributed by atoms with E-state index in [1.165, 1.54) is 0 Å². The second-order valence-electron chi connectivity index (χ2n) is 12.9. The van der Waals surface area contributed by atoms with Gasteiger partial charge in [-0.1, -0.05) is 6.07 Å². The van der Waals surface area contributed by atoms with Crippen molar-refractivity contribution in [1.29, 1.82) is 0 Å². The third-order valence-corrected chi connectivity index (χ3v) is 9.75. The highest BCUT2D eigenvalue weighted by Gasteiger charge is 2.24. The lowest BCUT2D eigenvalue weighted by Gasteiger charge is -2.07. The summed E-state index contributed by atoms with van der Waals surface area (Å²) < 4.78 is 6.49. The molecule has 51 heavy (non-hydrogen) atoms. The van der Waals surface area contributed by atoms with Crippen LogP contribution < -0.4 is 35.1 Å². The monoisotopic (exact) mass is 665 g/mol. The van der Waals surface area contributed by atoms with E-state index in [1.807, 2.05) is 18.3 Å². The molecule has 0 spiro atoms. The van der Waals surface area contributed by atoms with Gasteiger partial charge in [0, 0.05) is 48.2 Å². The standard InChI is InChI=1S/C43H35N8/c1-49-25-9-5-13-37(49)41-31-18-16-29(45-31)40(28-12-4-8-24-44-28)30-17-19-32(46-30)42(38-14-6-10-26-50(38)2)34-21-23-36(48-34)43(35-22-20-33(41)47-35)39-15-7-11-27-51(39)3/h4-27H,1-3H3,(H2,45,46,47,48)/q+1/p+2. The van der Waals surface area contributed by atoms with Crippen molar-refractivity contribution in [1.82, 2.24) is 24.9 Å². The summed E-state index contributed by atoms with van der Waals surface area (Å²) in [5, 5.41) is 3.96. The molecular formula is C43H37N8+3. The van der Waals surface area contributed by atoms with Gasteiger partial charge >= 0.3 is 0 Å². The zero-order chi connectivity index (χ0) is 34.5. The number of aromatic amines is 4. The van der Waals surface area contributed by atoms with Crippen LogP contribution in [0.15, 0.2) is 146 Å². The van der Waals surface area contributed by atoms with Crippen LogP contribution in [0.5, 0.6) is 0 Å².